The first-order valence-corrected chi connectivity index (χ1v) is 9.01. The highest BCUT2D eigenvalue weighted by Gasteiger charge is 2.33. The predicted octanol–water partition coefficient (Wildman–Crippen LogP) is 3.51. The van der Waals surface area contributed by atoms with Gasteiger partial charge >= 0.3 is 6.18 Å². The summed E-state index contributed by atoms with van der Waals surface area (Å²) in [7, 11) is 0. The normalized spacial score (nSPS) is 21.8. The average Bonchev–Trinajstić information content (AvgIpc) is 2.67. The zero-order chi connectivity index (χ0) is 19.3. The third kappa shape index (κ3) is 5.51. The third-order valence-electron chi connectivity index (χ3n) is 4.78. The maximum atomic E-state index is 13.1. The van der Waals surface area contributed by atoms with Gasteiger partial charge in [0.25, 0.3) is 0 Å². The lowest BCUT2D eigenvalue weighted by molar-refractivity contribution is -0.138. The van der Waals surface area contributed by atoms with Gasteiger partial charge in [-0.15, -0.1) is 0 Å². The topological polar surface area (TPSA) is 54.4 Å². The summed E-state index contributed by atoms with van der Waals surface area (Å²) in [5, 5.41) is 13.5. The van der Waals surface area contributed by atoms with Crippen LogP contribution >= 0.6 is 0 Å². The lowest BCUT2D eigenvalue weighted by Crippen LogP contribution is -2.40. The maximum Gasteiger partial charge on any atom is 0.416 e. The summed E-state index contributed by atoms with van der Waals surface area (Å²) in [6.45, 7) is 0.831. The maximum absolute atomic E-state index is 13.1. The van der Waals surface area contributed by atoms with Crippen LogP contribution in [0.1, 0.15) is 35.6 Å². The Labute approximate surface area is 156 Å². The molecule has 3 unspecified atom stereocenters. The highest BCUT2D eigenvalue weighted by atomic mass is 19.4. The molecule has 1 aliphatic rings. The summed E-state index contributed by atoms with van der Waals surface area (Å²) < 4.78 is 45.0. The molecule has 7 heteroatoms. The molecule has 0 aliphatic carbocycles. The number of aliphatic hydroxyl groups excluding tert-OH is 1. The van der Waals surface area contributed by atoms with Crippen molar-refractivity contribution in [3.05, 3.63) is 65.5 Å². The second-order valence-corrected chi connectivity index (χ2v) is 6.78. The SMILES string of the molecule is OC(CNC1CCOC(c2ccncc2)C1)Cc1ccccc1C(F)(F)F. The van der Waals surface area contributed by atoms with Gasteiger partial charge in [-0.3, -0.25) is 4.98 Å². The van der Waals surface area contributed by atoms with E-state index in [1.807, 2.05) is 12.1 Å². The summed E-state index contributed by atoms with van der Waals surface area (Å²) in [6, 6.07) is 9.35. The first-order chi connectivity index (χ1) is 12.9. The highest BCUT2D eigenvalue weighted by molar-refractivity contribution is 5.30. The Balaban J connectivity index is 1.53. The monoisotopic (exact) mass is 380 g/mol. The van der Waals surface area contributed by atoms with Gasteiger partial charge in [0.2, 0.25) is 0 Å². The van der Waals surface area contributed by atoms with E-state index in [1.165, 1.54) is 12.1 Å². The number of aliphatic hydroxyl groups is 1. The van der Waals surface area contributed by atoms with Gasteiger partial charge in [-0.2, -0.15) is 13.2 Å². The van der Waals surface area contributed by atoms with Crippen LogP contribution in [0.4, 0.5) is 13.2 Å². The number of benzene rings is 1. The van der Waals surface area contributed by atoms with Crippen LogP contribution in [0.5, 0.6) is 0 Å². The zero-order valence-corrected chi connectivity index (χ0v) is 14.8. The second kappa shape index (κ2) is 8.82. The fourth-order valence-corrected chi connectivity index (χ4v) is 3.40. The van der Waals surface area contributed by atoms with E-state index in [4.69, 9.17) is 4.74 Å². The lowest BCUT2D eigenvalue weighted by Gasteiger charge is -2.31. The molecule has 0 saturated carbocycles. The van der Waals surface area contributed by atoms with E-state index in [-0.39, 0.29) is 30.7 Å². The molecule has 2 heterocycles. The van der Waals surface area contributed by atoms with Gasteiger partial charge in [0.15, 0.2) is 0 Å². The Hall–Kier alpha value is -1.96. The van der Waals surface area contributed by atoms with Crippen LogP contribution < -0.4 is 5.32 Å². The molecule has 27 heavy (non-hydrogen) atoms. The zero-order valence-electron chi connectivity index (χ0n) is 14.8. The van der Waals surface area contributed by atoms with Crippen molar-refractivity contribution in [2.45, 2.75) is 43.7 Å². The van der Waals surface area contributed by atoms with Crippen LogP contribution in [0, 0.1) is 0 Å². The highest BCUT2D eigenvalue weighted by Crippen LogP contribution is 2.32. The number of ether oxygens (including phenoxy) is 1. The number of hydrogen-bond donors (Lipinski definition) is 2. The van der Waals surface area contributed by atoms with Gasteiger partial charge in [-0.1, -0.05) is 18.2 Å². The Kier molecular flexibility index (Phi) is 6.46. The predicted molar refractivity (Wildman–Crippen MR) is 95.1 cm³/mol. The molecular weight excluding hydrogens is 357 g/mol. The van der Waals surface area contributed by atoms with Crippen molar-refractivity contribution in [3.8, 4) is 0 Å². The Bertz CT molecular complexity index is 725. The first kappa shape index (κ1) is 19.8. The molecule has 0 amide bonds. The van der Waals surface area contributed by atoms with Gasteiger partial charge in [0.1, 0.15) is 0 Å². The van der Waals surface area contributed by atoms with E-state index in [9.17, 15) is 18.3 Å². The van der Waals surface area contributed by atoms with E-state index >= 15 is 0 Å². The quantitative estimate of drug-likeness (QED) is 0.805. The van der Waals surface area contributed by atoms with E-state index in [2.05, 4.69) is 10.3 Å². The second-order valence-electron chi connectivity index (χ2n) is 6.78. The summed E-state index contributed by atoms with van der Waals surface area (Å²) in [6.07, 6.45) is -0.404. The van der Waals surface area contributed by atoms with Crippen molar-refractivity contribution in [1.29, 1.82) is 0 Å². The van der Waals surface area contributed by atoms with Crippen molar-refractivity contribution in [2.75, 3.05) is 13.2 Å². The molecule has 2 N–H and O–H groups in total. The van der Waals surface area contributed by atoms with Crippen LogP contribution in [0.25, 0.3) is 0 Å². The number of pyridine rings is 1. The number of alkyl halides is 3. The smallest absolute Gasteiger partial charge is 0.391 e. The van der Waals surface area contributed by atoms with Gasteiger partial charge in [-0.25, -0.2) is 0 Å². The summed E-state index contributed by atoms with van der Waals surface area (Å²) >= 11 is 0. The molecule has 1 aliphatic heterocycles. The molecule has 0 spiro atoms. The number of rotatable bonds is 6. The molecule has 2 aromatic rings. The third-order valence-corrected chi connectivity index (χ3v) is 4.78. The lowest BCUT2D eigenvalue weighted by atomic mass is 9.97. The molecule has 4 nitrogen and oxygen atoms in total. The summed E-state index contributed by atoms with van der Waals surface area (Å²) in [5.41, 5.74) is 0.477. The first-order valence-electron chi connectivity index (χ1n) is 9.01. The van der Waals surface area contributed by atoms with Crippen molar-refractivity contribution in [2.24, 2.45) is 0 Å². The van der Waals surface area contributed by atoms with Crippen LogP contribution in [0.2, 0.25) is 0 Å². The van der Waals surface area contributed by atoms with Crippen LogP contribution in [-0.2, 0) is 17.3 Å². The Morgan fingerprint density at radius 2 is 1.93 bits per heavy atom. The van der Waals surface area contributed by atoms with Gasteiger partial charge in [0.05, 0.1) is 17.8 Å². The van der Waals surface area contributed by atoms with E-state index in [1.54, 1.807) is 18.5 Å². The number of aromatic nitrogens is 1. The molecule has 0 radical (unpaired) electrons. The van der Waals surface area contributed by atoms with Crippen molar-refractivity contribution < 1.29 is 23.0 Å². The molecule has 1 saturated heterocycles. The number of nitrogens with one attached hydrogen (secondary N) is 1. The Morgan fingerprint density at radius 1 is 1.19 bits per heavy atom. The van der Waals surface area contributed by atoms with Crippen LogP contribution in [0.3, 0.4) is 0 Å². The number of hydrogen-bond acceptors (Lipinski definition) is 4. The molecule has 146 valence electrons. The standard InChI is InChI=1S/C20H23F3N2O2/c21-20(22,23)18-4-2-1-3-15(18)11-17(26)13-25-16-7-10-27-19(12-16)14-5-8-24-9-6-14/h1-6,8-9,16-17,19,25-26H,7,10-13H2. The molecular formula is C20H23F3N2O2. The van der Waals surface area contributed by atoms with Gasteiger partial charge in [-0.05, 0) is 42.2 Å². The van der Waals surface area contributed by atoms with Crippen molar-refractivity contribution >= 4 is 0 Å². The minimum absolute atomic E-state index is 0.0395. The minimum atomic E-state index is -4.41. The van der Waals surface area contributed by atoms with Crippen LogP contribution in [-0.4, -0.2) is 35.4 Å². The fourth-order valence-electron chi connectivity index (χ4n) is 3.40. The molecule has 3 atom stereocenters. The minimum Gasteiger partial charge on any atom is -0.391 e. The molecule has 0 bridgehead atoms. The summed E-state index contributed by atoms with van der Waals surface area (Å²) in [5.74, 6) is 0. The number of nitrogens with zero attached hydrogens (tertiary/aromatic N) is 1. The van der Waals surface area contributed by atoms with Gasteiger partial charge in [0, 0.05) is 38.0 Å². The largest absolute Gasteiger partial charge is 0.416 e. The Morgan fingerprint density at radius 3 is 2.67 bits per heavy atom. The fraction of sp³-hybridized carbons (Fsp3) is 0.450. The van der Waals surface area contributed by atoms with E-state index < -0.39 is 17.8 Å². The van der Waals surface area contributed by atoms with E-state index in [0.29, 0.717) is 6.61 Å². The van der Waals surface area contributed by atoms with Crippen molar-refractivity contribution in [3.63, 3.8) is 0 Å². The molecule has 1 aromatic carbocycles. The summed E-state index contributed by atoms with van der Waals surface area (Å²) in [4.78, 5) is 4.00. The molecule has 1 aromatic heterocycles. The van der Waals surface area contributed by atoms with E-state index in [0.717, 1.165) is 24.5 Å². The number of halogens is 3. The van der Waals surface area contributed by atoms with Crippen LogP contribution in [0.15, 0.2) is 48.8 Å². The van der Waals surface area contributed by atoms with Crippen molar-refractivity contribution in [1.82, 2.24) is 10.3 Å². The average molecular weight is 380 g/mol. The molecule has 1 fully saturated rings. The molecule has 3 rings (SSSR count). The van der Waals surface area contributed by atoms with Gasteiger partial charge < -0.3 is 15.2 Å².